The maximum absolute atomic E-state index is 5.37. The highest BCUT2D eigenvalue weighted by atomic mass is 16.5. The minimum absolute atomic E-state index is 0.583. The maximum atomic E-state index is 5.37. The molecule has 19 heavy (non-hydrogen) atoms. The molecule has 0 radical (unpaired) electrons. The number of ether oxygens (including phenoxy) is 1. The standard InChI is InChI=1S/C15H23N3O/c1-2-19-15-7-6-12(11-16-15)17-13-8-10-18-9-4-3-5-14(13)18/h6-7,11,13-14,17H,2-5,8-10H2,1H3. The first-order valence-electron chi connectivity index (χ1n) is 7.46. The number of nitrogens with one attached hydrogen (secondary N) is 1. The molecule has 4 heteroatoms. The first-order chi connectivity index (χ1) is 9.36. The second kappa shape index (κ2) is 5.78. The fourth-order valence-corrected chi connectivity index (χ4v) is 3.33. The molecule has 0 amide bonds. The zero-order valence-corrected chi connectivity index (χ0v) is 11.6. The Morgan fingerprint density at radius 1 is 1.32 bits per heavy atom. The second-order valence-corrected chi connectivity index (χ2v) is 5.46. The third-order valence-electron chi connectivity index (χ3n) is 4.24. The SMILES string of the molecule is CCOc1ccc(NC2CCN3CCCCC23)cn1. The molecule has 1 aromatic heterocycles. The third-order valence-corrected chi connectivity index (χ3v) is 4.24. The molecule has 2 unspecified atom stereocenters. The Hall–Kier alpha value is -1.29. The van der Waals surface area contributed by atoms with Crippen LogP contribution in [0.4, 0.5) is 5.69 Å². The van der Waals surface area contributed by atoms with Gasteiger partial charge in [-0.05, 0) is 38.8 Å². The molecule has 2 atom stereocenters. The van der Waals surface area contributed by atoms with Crippen LogP contribution >= 0.6 is 0 Å². The first kappa shape index (κ1) is 12.7. The van der Waals surface area contributed by atoms with Crippen molar-refractivity contribution >= 4 is 5.69 Å². The van der Waals surface area contributed by atoms with Crippen LogP contribution in [-0.4, -0.2) is 41.7 Å². The normalized spacial score (nSPS) is 27.0. The van der Waals surface area contributed by atoms with E-state index < -0.39 is 0 Å². The second-order valence-electron chi connectivity index (χ2n) is 5.46. The molecule has 0 saturated carbocycles. The molecule has 3 heterocycles. The van der Waals surface area contributed by atoms with E-state index in [4.69, 9.17) is 4.74 Å². The van der Waals surface area contributed by atoms with E-state index in [0.29, 0.717) is 18.5 Å². The Bertz CT molecular complexity index is 406. The van der Waals surface area contributed by atoms with Gasteiger partial charge in [0, 0.05) is 24.7 Å². The molecule has 2 aliphatic rings. The van der Waals surface area contributed by atoms with Gasteiger partial charge >= 0.3 is 0 Å². The highest BCUT2D eigenvalue weighted by Gasteiger charge is 2.35. The minimum Gasteiger partial charge on any atom is -0.478 e. The van der Waals surface area contributed by atoms with Crippen molar-refractivity contribution in [3.05, 3.63) is 18.3 Å². The lowest BCUT2D eigenvalue weighted by molar-refractivity contribution is 0.193. The summed E-state index contributed by atoms with van der Waals surface area (Å²) in [5, 5.41) is 3.65. The summed E-state index contributed by atoms with van der Waals surface area (Å²) >= 11 is 0. The van der Waals surface area contributed by atoms with Crippen molar-refractivity contribution in [3.8, 4) is 5.88 Å². The number of rotatable bonds is 4. The predicted molar refractivity (Wildman–Crippen MR) is 76.6 cm³/mol. The largest absolute Gasteiger partial charge is 0.478 e. The minimum atomic E-state index is 0.583. The van der Waals surface area contributed by atoms with Crippen molar-refractivity contribution in [2.45, 2.75) is 44.7 Å². The van der Waals surface area contributed by atoms with Gasteiger partial charge in [-0.2, -0.15) is 0 Å². The van der Waals surface area contributed by atoms with Gasteiger partial charge < -0.3 is 10.1 Å². The van der Waals surface area contributed by atoms with Crippen molar-refractivity contribution in [1.29, 1.82) is 0 Å². The lowest BCUT2D eigenvalue weighted by Crippen LogP contribution is -2.41. The van der Waals surface area contributed by atoms with Gasteiger partial charge in [-0.1, -0.05) is 6.42 Å². The monoisotopic (exact) mass is 261 g/mol. The summed E-state index contributed by atoms with van der Waals surface area (Å²) in [7, 11) is 0. The van der Waals surface area contributed by atoms with Crippen LogP contribution < -0.4 is 10.1 Å². The van der Waals surface area contributed by atoms with Gasteiger partial charge in [-0.3, -0.25) is 4.90 Å². The highest BCUT2D eigenvalue weighted by Crippen LogP contribution is 2.29. The van der Waals surface area contributed by atoms with Gasteiger partial charge in [0.25, 0.3) is 0 Å². The molecule has 1 N–H and O–H groups in total. The molecule has 0 bridgehead atoms. The molecule has 3 rings (SSSR count). The van der Waals surface area contributed by atoms with Gasteiger partial charge in [0.05, 0.1) is 18.5 Å². The predicted octanol–water partition coefficient (Wildman–Crippen LogP) is 2.52. The molecule has 2 saturated heterocycles. The molecule has 0 spiro atoms. The molecule has 2 aliphatic heterocycles. The van der Waals surface area contributed by atoms with E-state index in [2.05, 4.69) is 21.3 Å². The van der Waals surface area contributed by atoms with E-state index in [0.717, 1.165) is 11.7 Å². The Balaban J connectivity index is 1.61. The summed E-state index contributed by atoms with van der Waals surface area (Å²) in [5.41, 5.74) is 1.11. The van der Waals surface area contributed by atoms with Crippen LogP contribution in [0.15, 0.2) is 18.3 Å². The Morgan fingerprint density at radius 3 is 3.05 bits per heavy atom. The van der Waals surface area contributed by atoms with Crippen LogP contribution in [0.2, 0.25) is 0 Å². The quantitative estimate of drug-likeness (QED) is 0.903. The molecule has 4 nitrogen and oxygen atoms in total. The summed E-state index contributed by atoms with van der Waals surface area (Å²) in [6.45, 7) is 5.17. The van der Waals surface area contributed by atoms with E-state index in [9.17, 15) is 0 Å². The molecule has 1 aromatic rings. The van der Waals surface area contributed by atoms with Gasteiger partial charge in [-0.25, -0.2) is 4.98 Å². The van der Waals surface area contributed by atoms with Crippen molar-refractivity contribution in [2.24, 2.45) is 0 Å². The summed E-state index contributed by atoms with van der Waals surface area (Å²) in [5.74, 6) is 0.707. The number of hydrogen-bond donors (Lipinski definition) is 1. The van der Waals surface area contributed by atoms with E-state index in [1.54, 1.807) is 0 Å². The Kier molecular flexibility index (Phi) is 3.87. The number of aromatic nitrogens is 1. The number of fused-ring (bicyclic) bond motifs is 1. The van der Waals surface area contributed by atoms with Crippen LogP contribution in [-0.2, 0) is 0 Å². The fraction of sp³-hybridized carbons (Fsp3) is 0.667. The average molecular weight is 261 g/mol. The van der Waals surface area contributed by atoms with Crippen molar-refractivity contribution < 1.29 is 4.74 Å². The van der Waals surface area contributed by atoms with E-state index in [1.165, 1.54) is 38.8 Å². The summed E-state index contributed by atoms with van der Waals surface area (Å²) in [6.07, 6.45) is 7.21. The fourth-order valence-electron chi connectivity index (χ4n) is 3.33. The number of pyridine rings is 1. The number of hydrogen-bond acceptors (Lipinski definition) is 4. The summed E-state index contributed by atoms with van der Waals surface area (Å²) in [6, 6.07) is 5.32. The molecular weight excluding hydrogens is 238 g/mol. The maximum Gasteiger partial charge on any atom is 0.213 e. The smallest absolute Gasteiger partial charge is 0.213 e. The van der Waals surface area contributed by atoms with E-state index in [-0.39, 0.29) is 0 Å². The summed E-state index contributed by atoms with van der Waals surface area (Å²) < 4.78 is 5.37. The van der Waals surface area contributed by atoms with Gasteiger partial charge in [0.15, 0.2) is 0 Å². The van der Waals surface area contributed by atoms with Gasteiger partial charge in [0.2, 0.25) is 5.88 Å². The summed E-state index contributed by atoms with van der Waals surface area (Å²) in [4.78, 5) is 6.96. The van der Waals surface area contributed by atoms with Crippen molar-refractivity contribution in [2.75, 3.05) is 25.0 Å². The first-order valence-corrected chi connectivity index (χ1v) is 7.46. The number of anilines is 1. The number of nitrogens with zero attached hydrogens (tertiary/aromatic N) is 2. The molecule has 104 valence electrons. The molecule has 2 fully saturated rings. The Labute approximate surface area is 115 Å². The van der Waals surface area contributed by atoms with Crippen LogP contribution in [0.3, 0.4) is 0 Å². The van der Waals surface area contributed by atoms with E-state index in [1.807, 2.05) is 19.2 Å². The van der Waals surface area contributed by atoms with Crippen LogP contribution in [0.1, 0.15) is 32.6 Å². The van der Waals surface area contributed by atoms with Crippen LogP contribution in [0.5, 0.6) is 5.88 Å². The lowest BCUT2D eigenvalue weighted by atomic mass is 9.99. The molecular formula is C15H23N3O. The molecule has 0 aromatic carbocycles. The topological polar surface area (TPSA) is 37.4 Å². The zero-order valence-electron chi connectivity index (χ0n) is 11.6. The van der Waals surface area contributed by atoms with Crippen molar-refractivity contribution in [3.63, 3.8) is 0 Å². The average Bonchev–Trinajstić information content (AvgIpc) is 2.85. The molecule has 0 aliphatic carbocycles. The van der Waals surface area contributed by atoms with Gasteiger partial charge in [-0.15, -0.1) is 0 Å². The van der Waals surface area contributed by atoms with Crippen LogP contribution in [0.25, 0.3) is 0 Å². The van der Waals surface area contributed by atoms with Crippen LogP contribution in [0, 0.1) is 0 Å². The zero-order chi connectivity index (χ0) is 13.1. The Morgan fingerprint density at radius 2 is 2.26 bits per heavy atom. The highest BCUT2D eigenvalue weighted by molar-refractivity contribution is 5.43. The van der Waals surface area contributed by atoms with E-state index >= 15 is 0 Å². The number of piperidine rings is 1. The van der Waals surface area contributed by atoms with Crippen molar-refractivity contribution in [1.82, 2.24) is 9.88 Å². The third kappa shape index (κ3) is 2.84. The lowest BCUT2D eigenvalue weighted by Gasteiger charge is -2.32. The van der Waals surface area contributed by atoms with Gasteiger partial charge in [0.1, 0.15) is 0 Å².